The van der Waals surface area contributed by atoms with Gasteiger partial charge in [0.15, 0.2) is 0 Å². The van der Waals surface area contributed by atoms with Crippen LogP contribution in [0.1, 0.15) is 47.8 Å². The van der Waals surface area contributed by atoms with Crippen LogP contribution in [0.3, 0.4) is 0 Å². The first-order valence-electron chi connectivity index (χ1n) is 10.4. The summed E-state index contributed by atoms with van der Waals surface area (Å²) in [5.74, 6) is 0.00312. The third-order valence-electron chi connectivity index (χ3n) is 4.97. The summed E-state index contributed by atoms with van der Waals surface area (Å²) in [7, 11) is -3.98. The Hall–Kier alpha value is -2.83. The molecule has 0 aliphatic rings. The molecule has 7 heteroatoms. The summed E-state index contributed by atoms with van der Waals surface area (Å²) in [5, 5.41) is 3.08. The van der Waals surface area contributed by atoms with E-state index in [4.69, 9.17) is 11.6 Å². The first-order chi connectivity index (χ1) is 15.2. The van der Waals surface area contributed by atoms with Gasteiger partial charge >= 0.3 is 0 Å². The molecule has 0 bridgehead atoms. The van der Waals surface area contributed by atoms with Crippen molar-refractivity contribution >= 4 is 33.2 Å². The summed E-state index contributed by atoms with van der Waals surface area (Å²) >= 11 is 6.20. The Morgan fingerprint density at radius 2 is 1.69 bits per heavy atom. The van der Waals surface area contributed by atoms with Crippen molar-refractivity contribution in [3.8, 4) is 0 Å². The predicted molar refractivity (Wildman–Crippen MR) is 130 cm³/mol. The fourth-order valence-electron chi connectivity index (χ4n) is 3.45. The Morgan fingerprint density at radius 3 is 2.34 bits per heavy atom. The molecule has 3 rings (SSSR count). The largest absolute Gasteiger partial charge is 0.345 e. The van der Waals surface area contributed by atoms with Crippen molar-refractivity contribution in [3.63, 3.8) is 0 Å². The van der Waals surface area contributed by atoms with Gasteiger partial charge in [0.1, 0.15) is 4.90 Å². The summed E-state index contributed by atoms with van der Waals surface area (Å²) in [6.45, 7) is 6.05. The minimum absolute atomic E-state index is 0.0449. The van der Waals surface area contributed by atoms with Crippen molar-refractivity contribution in [2.45, 2.75) is 38.1 Å². The maximum atomic E-state index is 13.0. The van der Waals surface area contributed by atoms with Gasteiger partial charge in [0.2, 0.25) is 0 Å². The zero-order valence-corrected chi connectivity index (χ0v) is 19.9. The molecule has 0 heterocycles. The molecule has 5 nitrogen and oxygen atoms in total. The number of aryl methyl sites for hydroxylation is 1. The van der Waals surface area contributed by atoms with Gasteiger partial charge < -0.3 is 5.32 Å². The number of benzene rings is 3. The minimum atomic E-state index is -3.98. The van der Waals surface area contributed by atoms with E-state index in [2.05, 4.69) is 23.9 Å². The monoisotopic (exact) mass is 470 g/mol. The van der Waals surface area contributed by atoms with Crippen molar-refractivity contribution in [2.75, 3.05) is 4.72 Å². The van der Waals surface area contributed by atoms with E-state index in [-0.39, 0.29) is 27.4 Å². The fourth-order valence-corrected chi connectivity index (χ4v) is 5.02. The lowest BCUT2D eigenvalue weighted by atomic mass is 9.96. The number of nitrogens with one attached hydrogen (secondary N) is 2. The molecule has 0 aliphatic heterocycles. The molecule has 0 saturated carbocycles. The average molecular weight is 471 g/mol. The molecule has 0 unspecified atom stereocenters. The molecule has 0 aromatic heterocycles. The number of hydrogen-bond donors (Lipinski definition) is 2. The molecule has 1 atom stereocenters. The second kappa shape index (κ2) is 10.2. The van der Waals surface area contributed by atoms with E-state index in [1.54, 1.807) is 18.2 Å². The number of carbonyl (C=O) groups is 1. The molecule has 0 aliphatic carbocycles. The highest BCUT2D eigenvalue weighted by atomic mass is 35.5. The van der Waals surface area contributed by atoms with Crippen LogP contribution in [0.2, 0.25) is 5.02 Å². The minimum Gasteiger partial charge on any atom is -0.345 e. The Bertz CT molecular complexity index is 1190. The Kier molecular flexibility index (Phi) is 7.59. The molecule has 32 heavy (non-hydrogen) atoms. The highest BCUT2D eigenvalue weighted by Crippen LogP contribution is 2.27. The predicted octanol–water partition coefficient (Wildman–Crippen LogP) is 5.97. The van der Waals surface area contributed by atoms with Crippen LogP contribution in [0.4, 0.5) is 5.69 Å². The first-order valence-corrected chi connectivity index (χ1v) is 12.3. The van der Waals surface area contributed by atoms with Crippen LogP contribution in [-0.4, -0.2) is 14.3 Å². The summed E-state index contributed by atoms with van der Waals surface area (Å²) in [4.78, 5) is 12.9. The van der Waals surface area contributed by atoms with Crippen LogP contribution in [0.15, 0.2) is 77.7 Å². The number of carbonyl (C=O) groups excluding carboxylic acids is 1. The van der Waals surface area contributed by atoms with Crippen molar-refractivity contribution in [3.05, 3.63) is 94.5 Å². The second-order valence-electron chi connectivity index (χ2n) is 8.19. The molecule has 1 amide bonds. The topological polar surface area (TPSA) is 75.3 Å². The molecule has 0 radical (unpaired) electrons. The lowest BCUT2D eigenvalue weighted by Crippen LogP contribution is -2.29. The third kappa shape index (κ3) is 6.11. The number of anilines is 1. The molecule has 0 fully saturated rings. The molecule has 3 aromatic carbocycles. The summed E-state index contributed by atoms with van der Waals surface area (Å²) in [6, 6.07) is 20.8. The lowest BCUT2D eigenvalue weighted by Gasteiger charge is -2.21. The Balaban J connectivity index is 1.87. The molecule has 3 aromatic rings. The van der Waals surface area contributed by atoms with Gasteiger partial charge in [0.25, 0.3) is 15.9 Å². The summed E-state index contributed by atoms with van der Waals surface area (Å²) in [5.41, 5.74) is 2.57. The van der Waals surface area contributed by atoms with E-state index in [0.29, 0.717) is 11.6 Å². The first kappa shape index (κ1) is 23.8. The van der Waals surface area contributed by atoms with Crippen LogP contribution >= 0.6 is 11.6 Å². The molecule has 2 N–H and O–H groups in total. The van der Waals surface area contributed by atoms with Crippen molar-refractivity contribution in [1.29, 1.82) is 0 Å². The zero-order valence-electron chi connectivity index (χ0n) is 18.3. The number of rotatable bonds is 8. The average Bonchev–Trinajstić information content (AvgIpc) is 2.73. The van der Waals surface area contributed by atoms with Gasteiger partial charge in [-0.2, -0.15) is 0 Å². The summed E-state index contributed by atoms with van der Waals surface area (Å²) in [6.07, 6.45) is 0.753. The Labute approximate surface area is 194 Å². The quantitative estimate of drug-likeness (QED) is 0.426. The van der Waals surface area contributed by atoms with Gasteiger partial charge in [0, 0.05) is 11.3 Å². The van der Waals surface area contributed by atoms with E-state index in [9.17, 15) is 13.2 Å². The van der Waals surface area contributed by atoms with E-state index < -0.39 is 10.0 Å². The summed E-state index contributed by atoms with van der Waals surface area (Å²) < 4.78 is 28.5. The lowest BCUT2D eigenvalue weighted by molar-refractivity contribution is 0.0931. The van der Waals surface area contributed by atoms with Gasteiger partial charge in [-0.25, -0.2) is 8.42 Å². The van der Waals surface area contributed by atoms with E-state index in [1.165, 1.54) is 18.2 Å². The SMILES string of the molecule is Cc1cccc(NS(=O)(=O)c2cc(C(=O)N[C@@H](CC(C)C)c3ccccc3)ccc2Cl)c1. The van der Waals surface area contributed by atoms with Crippen molar-refractivity contribution in [2.24, 2.45) is 5.92 Å². The van der Waals surface area contributed by atoms with E-state index >= 15 is 0 Å². The van der Waals surface area contributed by atoms with Crippen LogP contribution in [0.25, 0.3) is 0 Å². The Morgan fingerprint density at radius 1 is 0.969 bits per heavy atom. The molecular formula is C25H27ClN2O3S. The number of amides is 1. The van der Waals surface area contributed by atoms with Crippen LogP contribution in [-0.2, 0) is 10.0 Å². The van der Waals surface area contributed by atoms with Crippen LogP contribution in [0.5, 0.6) is 0 Å². The number of sulfonamides is 1. The molecule has 168 valence electrons. The van der Waals surface area contributed by atoms with Crippen LogP contribution < -0.4 is 10.0 Å². The van der Waals surface area contributed by atoms with Gasteiger partial charge in [0.05, 0.1) is 11.1 Å². The molecule has 0 saturated heterocycles. The highest BCUT2D eigenvalue weighted by molar-refractivity contribution is 7.92. The zero-order chi connectivity index (χ0) is 23.3. The smallest absolute Gasteiger partial charge is 0.263 e. The highest BCUT2D eigenvalue weighted by Gasteiger charge is 2.22. The van der Waals surface area contributed by atoms with E-state index in [0.717, 1.165) is 17.5 Å². The number of hydrogen-bond acceptors (Lipinski definition) is 3. The van der Waals surface area contributed by atoms with Crippen molar-refractivity contribution < 1.29 is 13.2 Å². The van der Waals surface area contributed by atoms with Gasteiger partial charge in [-0.05, 0) is 60.7 Å². The maximum absolute atomic E-state index is 13.0. The third-order valence-corrected chi connectivity index (χ3v) is 6.83. The van der Waals surface area contributed by atoms with E-state index in [1.807, 2.05) is 43.3 Å². The van der Waals surface area contributed by atoms with Crippen molar-refractivity contribution in [1.82, 2.24) is 5.32 Å². The fraction of sp³-hybridized carbons (Fsp3) is 0.240. The van der Waals surface area contributed by atoms with Crippen LogP contribution in [0, 0.1) is 12.8 Å². The second-order valence-corrected chi connectivity index (χ2v) is 10.2. The standard InChI is InChI=1S/C25H27ClN2O3S/c1-17(2)14-23(19-9-5-4-6-10-19)27-25(29)20-12-13-22(26)24(16-20)32(30,31)28-21-11-7-8-18(3)15-21/h4-13,15-17,23,28H,14H2,1-3H3,(H,27,29)/t23-/m0/s1. The van der Waals surface area contributed by atoms with Gasteiger partial charge in [-0.1, -0.05) is 67.9 Å². The van der Waals surface area contributed by atoms with Gasteiger partial charge in [-0.15, -0.1) is 0 Å². The maximum Gasteiger partial charge on any atom is 0.263 e. The molecular weight excluding hydrogens is 444 g/mol. The normalized spacial score (nSPS) is 12.4. The molecule has 0 spiro atoms. The van der Waals surface area contributed by atoms with Gasteiger partial charge in [-0.3, -0.25) is 9.52 Å². The number of halogens is 1.